The Morgan fingerprint density at radius 1 is 1.12 bits per heavy atom. The van der Waals surface area contributed by atoms with E-state index in [-0.39, 0.29) is 6.03 Å². The predicted molar refractivity (Wildman–Crippen MR) is 68.5 cm³/mol. The Bertz CT molecular complexity index is 313. The first kappa shape index (κ1) is 13.1. The Kier molecular flexibility index (Phi) is 6.04. The highest BCUT2D eigenvalue weighted by Gasteiger charge is 2.11. The first-order valence-electron chi connectivity index (χ1n) is 5.01. The second kappa shape index (κ2) is 7.36. The van der Waals surface area contributed by atoms with Crippen molar-refractivity contribution in [3.8, 4) is 0 Å². The summed E-state index contributed by atoms with van der Waals surface area (Å²) in [5.41, 5.74) is 0.765. The van der Waals surface area contributed by atoms with E-state index in [1.165, 1.54) is 0 Å². The van der Waals surface area contributed by atoms with E-state index >= 15 is 0 Å². The first-order valence-corrected chi connectivity index (χ1v) is 6.07. The van der Waals surface area contributed by atoms with Crippen LogP contribution in [0.15, 0.2) is 30.3 Å². The molecule has 2 amide bonds. The van der Waals surface area contributed by atoms with E-state index in [4.69, 9.17) is 23.2 Å². The van der Waals surface area contributed by atoms with Crippen LogP contribution in [0.25, 0.3) is 0 Å². The Balaban J connectivity index is 2.55. The van der Waals surface area contributed by atoms with Gasteiger partial charge in [0.15, 0.2) is 0 Å². The third-order valence-corrected chi connectivity index (χ3v) is 2.36. The average Bonchev–Trinajstić information content (AvgIpc) is 2.30. The first-order chi connectivity index (χ1) is 7.77. The molecule has 5 heteroatoms. The average molecular weight is 261 g/mol. The number of amides is 2. The monoisotopic (exact) mass is 260 g/mol. The van der Waals surface area contributed by atoms with Gasteiger partial charge in [-0.1, -0.05) is 18.2 Å². The van der Waals surface area contributed by atoms with Crippen LogP contribution in [0.2, 0.25) is 0 Å². The highest BCUT2D eigenvalue weighted by molar-refractivity contribution is 6.18. The summed E-state index contributed by atoms with van der Waals surface area (Å²) in [6, 6.07) is 9.11. The van der Waals surface area contributed by atoms with Crippen molar-refractivity contribution in [2.24, 2.45) is 0 Å². The number of hydrogen-bond donors (Lipinski definition) is 1. The molecular weight excluding hydrogens is 247 g/mol. The van der Waals surface area contributed by atoms with Gasteiger partial charge in [-0.25, -0.2) is 4.79 Å². The van der Waals surface area contributed by atoms with Crippen molar-refractivity contribution < 1.29 is 4.79 Å². The molecule has 1 aromatic rings. The van der Waals surface area contributed by atoms with E-state index < -0.39 is 0 Å². The number of carbonyl (C=O) groups excluding carboxylic acids is 1. The molecule has 0 saturated carbocycles. The summed E-state index contributed by atoms with van der Waals surface area (Å²) >= 11 is 11.2. The van der Waals surface area contributed by atoms with Crippen LogP contribution >= 0.6 is 23.2 Å². The molecule has 0 aliphatic heterocycles. The fourth-order valence-corrected chi connectivity index (χ4v) is 1.65. The maximum absolute atomic E-state index is 11.8. The molecule has 0 fully saturated rings. The van der Waals surface area contributed by atoms with Crippen LogP contribution in [0.4, 0.5) is 10.5 Å². The van der Waals surface area contributed by atoms with Crippen molar-refractivity contribution in [1.29, 1.82) is 0 Å². The zero-order valence-electron chi connectivity index (χ0n) is 8.83. The number of benzene rings is 1. The quantitative estimate of drug-likeness (QED) is 0.812. The number of nitrogens with zero attached hydrogens (tertiary/aromatic N) is 1. The highest BCUT2D eigenvalue weighted by atomic mass is 35.5. The lowest BCUT2D eigenvalue weighted by atomic mass is 10.3. The maximum atomic E-state index is 11.8. The molecule has 0 atom stereocenters. The van der Waals surface area contributed by atoms with Crippen molar-refractivity contribution in [2.75, 3.05) is 30.2 Å². The summed E-state index contributed by atoms with van der Waals surface area (Å²) in [6.45, 7) is 0.986. The fourth-order valence-electron chi connectivity index (χ4n) is 1.24. The number of halogens is 2. The Morgan fingerprint density at radius 2 is 1.69 bits per heavy atom. The summed E-state index contributed by atoms with van der Waals surface area (Å²) < 4.78 is 0. The zero-order valence-corrected chi connectivity index (χ0v) is 10.3. The van der Waals surface area contributed by atoms with Gasteiger partial charge in [-0.2, -0.15) is 0 Å². The Labute approximate surface area is 105 Å². The van der Waals surface area contributed by atoms with Gasteiger partial charge in [-0.15, -0.1) is 23.2 Å². The molecule has 88 valence electrons. The second-order valence-electron chi connectivity index (χ2n) is 3.16. The lowest BCUT2D eigenvalue weighted by molar-refractivity contribution is 0.218. The SMILES string of the molecule is O=C(Nc1ccccc1)N(CCCl)CCCl. The molecular formula is C11H14Cl2N2O. The maximum Gasteiger partial charge on any atom is 0.321 e. The molecule has 16 heavy (non-hydrogen) atoms. The predicted octanol–water partition coefficient (Wildman–Crippen LogP) is 3.00. The number of rotatable bonds is 5. The lowest BCUT2D eigenvalue weighted by Crippen LogP contribution is -2.37. The number of urea groups is 1. The van der Waals surface area contributed by atoms with Crippen molar-refractivity contribution in [3.05, 3.63) is 30.3 Å². The van der Waals surface area contributed by atoms with E-state index in [1.807, 2.05) is 30.3 Å². The molecule has 0 saturated heterocycles. The number of carbonyl (C=O) groups is 1. The molecule has 0 aromatic heterocycles. The molecule has 3 nitrogen and oxygen atoms in total. The smallest absolute Gasteiger partial charge is 0.321 e. The van der Waals surface area contributed by atoms with Gasteiger partial charge in [0.1, 0.15) is 0 Å². The van der Waals surface area contributed by atoms with E-state index in [1.54, 1.807) is 4.90 Å². The van der Waals surface area contributed by atoms with Crippen LogP contribution < -0.4 is 5.32 Å². The summed E-state index contributed by atoms with van der Waals surface area (Å²) in [6.07, 6.45) is 0. The second-order valence-corrected chi connectivity index (χ2v) is 3.92. The minimum Gasteiger partial charge on any atom is -0.322 e. The van der Waals surface area contributed by atoms with Gasteiger partial charge >= 0.3 is 6.03 Å². The van der Waals surface area contributed by atoms with Gasteiger partial charge < -0.3 is 10.2 Å². The molecule has 0 unspecified atom stereocenters. The number of alkyl halides is 2. The molecule has 0 aliphatic carbocycles. The molecule has 0 heterocycles. The number of nitrogens with one attached hydrogen (secondary N) is 1. The summed E-state index contributed by atoms with van der Waals surface area (Å²) in [5.74, 6) is 0.804. The van der Waals surface area contributed by atoms with E-state index in [0.717, 1.165) is 5.69 Å². The van der Waals surface area contributed by atoms with E-state index in [2.05, 4.69) is 5.32 Å². The van der Waals surface area contributed by atoms with Gasteiger partial charge in [0.05, 0.1) is 0 Å². The van der Waals surface area contributed by atoms with E-state index in [0.29, 0.717) is 24.8 Å². The van der Waals surface area contributed by atoms with Gasteiger partial charge in [0, 0.05) is 30.5 Å². The highest BCUT2D eigenvalue weighted by Crippen LogP contribution is 2.06. The lowest BCUT2D eigenvalue weighted by Gasteiger charge is -2.20. The van der Waals surface area contributed by atoms with Crippen LogP contribution in [0.3, 0.4) is 0 Å². The van der Waals surface area contributed by atoms with Crippen molar-refractivity contribution in [1.82, 2.24) is 4.90 Å². The fraction of sp³-hybridized carbons (Fsp3) is 0.364. The molecule has 0 bridgehead atoms. The Morgan fingerprint density at radius 3 is 2.19 bits per heavy atom. The third-order valence-electron chi connectivity index (χ3n) is 2.02. The molecule has 1 N–H and O–H groups in total. The van der Waals surface area contributed by atoms with Crippen LogP contribution in [0, 0.1) is 0 Å². The topological polar surface area (TPSA) is 32.3 Å². The van der Waals surface area contributed by atoms with Gasteiger partial charge in [0.25, 0.3) is 0 Å². The molecule has 0 aliphatic rings. The number of hydrogen-bond acceptors (Lipinski definition) is 1. The minimum atomic E-state index is -0.174. The van der Waals surface area contributed by atoms with Gasteiger partial charge in [-0.3, -0.25) is 0 Å². The van der Waals surface area contributed by atoms with Gasteiger partial charge in [-0.05, 0) is 12.1 Å². The summed E-state index contributed by atoms with van der Waals surface area (Å²) in [4.78, 5) is 13.4. The van der Waals surface area contributed by atoms with Gasteiger partial charge in [0.2, 0.25) is 0 Å². The standard InChI is InChI=1S/C11H14Cl2N2O/c12-6-8-15(9-7-13)11(16)14-10-4-2-1-3-5-10/h1-5H,6-9H2,(H,14,16). The normalized spacial score (nSPS) is 9.88. The van der Waals surface area contributed by atoms with Crippen LogP contribution in [-0.4, -0.2) is 35.8 Å². The van der Waals surface area contributed by atoms with Crippen molar-refractivity contribution in [2.45, 2.75) is 0 Å². The zero-order chi connectivity index (χ0) is 11.8. The van der Waals surface area contributed by atoms with E-state index in [9.17, 15) is 4.79 Å². The third kappa shape index (κ3) is 4.29. The minimum absolute atomic E-state index is 0.174. The molecule has 1 rings (SSSR count). The summed E-state index contributed by atoms with van der Waals surface area (Å²) in [5, 5.41) is 2.78. The van der Waals surface area contributed by atoms with Crippen molar-refractivity contribution >= 4 is 34.9 Å². The van der Waals surface area contributed by atoms with Crippen LogP contribution in [0.5, 0.6) is 0 Å². The molecule has 0 radical (unpaired) electrons. The molecule has 1 aromatic carbocycles. The Hall–Kier alpha value is -0.930. The van der Waals surface area contributed by atoms with Crippen LogP contribution in [-0.2, 0) is 0 Å². The number of para-hydroxylation sites is 1. The summed E-state index contributed by atoms with van der Waals surface area (Å²) in [7, 11) is 0. The molecule has 0 spiro atoms. The van der Waals surface area contributed by atoms with Crippen molar-refractivity contribution in [3.63, 3.8) is 0 Å². The van der Waals surface area contributed by atoms with Crippen LogP contribution in [0.1, 0.15) is 0 Å². The largest absolute Gasteiger partial charge is 0.322 e. The number of anilines is 1.